The summed E-state index contributed by atoms with van der Waals surface area (Å²) in [4.78, 5) is 9.63. The van der Waals surface area contributed by atoms with E-state index >= 15 is 0 Å². The van der Waals surface area contributed by atoms with Crippen LogP contribution in [0.15, 0.2) is 107 Å². The van der Waals surface area contributed by atoms with Crippen LogP contribution in [0.25, 0.3) is 33.0 Å². The maximum atomic E-state index is 13.2. The maximum Gasteiger partial charge on any atom is 0.242 e. The molecule has 5 rings (SSSR count). The average Bonchev–Trinajstić information content (AvgIpc) is 2.96. The average molecular weight is 583 g/mol. The zero-order valence-corrected chi connectivity index (χ0v) is 25.5. The van der Waals surface area contributed by atoms with Gasteiger partial charge < -0.3 is 5.32 Å². The van der Waals surface area contributed by atoms with E-state index in [1.165, 1.54) is 18.0 Å². The van der Waals surface area contributed by atoms with E-state index in [-0.39, 0.29) is 10.9 Å². The van der Waals surface area contributed by atoms with Gasteiger partial charge >= 0.3 is 0 Å². The number of rotatable bonds is 8. The van der Waals surface area contributed by atoms with Crippen molar-refractivity contribution in [3.63, 3.8) is 0 Å². The number of hydrogen-bond donors (Lipinski definition) is 2. The Hall–Kier alpha value is -3.72. The molecule has 0 amide bonds. The van der Waals surface area contributed by atoms with Crippen LogP contribution in [0.3, 0.4) is 0 Å². The van der Waals surface area contributed by atoms with Crippen molar-refractivity contribution < 1.29 is 8.42 Å². The van der Waals surface area contributed by atoms with Crippen molar-refractivity contribution in [2.75, 3.05) is 11.6 Å². The third-order valence-corrected chi connectivity index (χ3v) is 9.09. The summed E-state index contributed by atoms with van der Waals surface area (Å²) in [5, 5.41) is 6.40. The molecule has 1 unspecified atom stereocenters. The fourth-order valence-electron chi connectivity index (χ4n) is 4.93. The second-order valence-electron chi connectivity index (χ2n) is 11.0. The topological polar surface area (TPSA) is 84.0 Å². The van der Waals surface area contributed by atoms with Crippen molar-refractivity contribution in [2.24, 2.45) is 0 Å². The molecule has 0 aliphatic heterocycles. The number of pyridine rings is 2. The first kappa shape index (κ1) is 28.8. The number of benzene rings is 3. The zero-order valence-electron chi connectivity index (χ0n) is 23.8. The van der Waals surface area contributed by atoms with Gasteiger partial charge in [0.05, 0.1) is 0 Å². The second kappa shape index (κ2) is 11.6. The lowest BCUT2D eigenvalue weighted by molar-refractivity contribution is 0.491. The molecule has 2 aromatic heterocycles. The largest absolute Gasteiger partial charge is 0.363 e. The summed E-state index contributed by atoms with van der Waals surface area (Å²) in [7, 11) is -3.78. The highest BCUT2D eigenvalue weighted by atomic mass is 32.2. The number of nitrogens with one attached hydrogen (secondary N) is 2. The lowest BCUT2D eigenvalue weighted by atomic mass is 9.94. The number of sulfonamides is 1. The lowest BCUT2D eigenvalue weighted by Crippen LogP contribution is -2.40. The van der Waals surface area contributed by atoms with Gasteiger partial charge in [-0.2, -0.15) is 0 Å². The van der Waals surface area contributed by atoms with Crippen LogP contribution in [0.4, 0.5) is 5.82 Å². The van der Waals surface area contributed by atoms with E-state index in [0.29, 0.717) is 5.56 Å². The molecule has 0 spiro atoms. The number of aromatic nitrogens is 2. The van der Waals surface area contributed by atoms with E-state index < -0.39 is 15.6 Å². The minimum absolute atomic E-state index is 0.00916. The predicted molar refractivity (Wildman–Crippen MR) is 171 cm³/mol. The second-order valence-corrected chi connectivity index (χ2v) is 13.5. The molecular weight excluding hydrogens is 549 g/mol. The van der Waals surface area contributed by atoms with E-state index in [9.17, 15) is 8.42 Å². The van der Waals surface area contributed by atoms with Gasteiger partial charge in [0.1, 0.15) is 15.7 Å². The molecular formula is C33H34N4O2S2. The van der Waals surface area contributed by atoms with Gasteiger partial charge in [-0.1, -0.05) is 78.9 Å². The number of hydrogen-bond acceptors (Lipinski definition) is 6. The van der Waals surface area contributed by atoms with Crippen LogP contribution in [-0.2, 0) is 10.0 Å². The number of fused-ring (bicyclic) bond motifs is 1. The molecule has 41 heavy (non-hydrogen) atoms. The number of anilines is 1. The molecule has 210 valence electrons. The minimum atomic E-state index is -3.78. The molecule has 0 aliphatic rings. The third-order valence-electron chi connectivity index (χ3n) is 6.68. The quantitative estimate of drug-likeness (QED) is 0.181. The highest BCUT2D eigenvalue weighted by molar-refractivity contribution is 7.98. The summed E-state index contributed by atoms with van der Waals surface area (Å²) in [6.07, 6.45) is 5.08. The Labute approximate surface area is 246 Å². The lowest BCUT2D eigenvalue weighted by Gasteiger charge is -2.22. The maximum absolute atomic E-state index is 13.2. The van der Waals surface area contributed by atoms with Crippen LogP contribution in [0.1, 0.15) is 39.3 Å². The van der Waals surface area contributed by atoms with Gasteiger partial charge in [0.25, 0.3) is 0 Å². The van der Waals surface area contributed by atoms with Gasteiger partial charge in [-0.3, -0.25) is 4.98 Å². The molecule has 0 saturated carbocycles. The van der Waals surface area contributed by atoms with Crippen molar-refractivity contribution in [3.8, 4) is 22.3 Å². The Bertz CT molecular complexity index is 1790. The fourth-order valence-corrected chi connectivity index (χ4v) is 6.95. The molecule has 8 heteroatoms. The molecule has 0 bridgehead atoms. The molecule has 0 radical (unpaired) electrons. The van der Waals surface area contributed by atoms with E-state index in [0.717, 1.165) is 43.9 Å². The highest BCUT2D eigenvalue weighted by Crippen LogP contribution is 2.43. The Morgan fingerprint density at radius 3 is 2.20 bits per heavy atom. The summed E-state index contributed by atoms with van der Waals surface area (Å²) in [6.45, 7) is 7.58. The van der Waals surface area contributed by atoms with Crippen molar-refractivity contribution in [1.29, 1.82) is 0 Å². The number of nitrogens with zero attached hydrogens (tertiary/aromatic N) is 2. The molecule has 0 aliphatic carbocycles. The van der Waals surface area contributed by atoms with Crippen LogP contribution in [0.5, 0.6) is 0 Å². The first-order chi connectivity index (χ1) is 19.6. The highest BCUT2D eigenvalue weighted by Gasteiger charge is 2.25. The van der Waals surface area contributed by atoms with Gasteiger partial charge in [0.2, 0.25) is 10.0 Å². The SMILES string of the molecule is CSc1nc(NC(C)c2ccccc2)c2c(-c3ccccc3)cccc2c1-c1cncc(S(=O)(=O)NC(C)(C)C)c1. The fraction of sp³-hybridized carbons (Fsp3) is 0.212. The molecule has 2 N–H and O–H groups in total. The van der Waals surface area contributed by atoms with E-state index in [1.807, 2.05) is 69.5 Å². The summed E-state index contributed by atoms with van der Waals surface area (Å²) >= 11 is 1.52. The molecule has 3 aromatic carbocycles. The van der Waals surface area contributed by atoms with Crippen LogP contribution in [-0.4, -0.2) is 30.2 Å². The Balaban J connectivity index is 1.76. The summed E-state index contributed by atoms with van der Waals surface area (Å²) in [5.74, 6) is 0.773. The Morgan fingerprint density at radius 1 is 0.854 bits per heavy atom. The molecule has 0 fully saturated rings. The Kier molecular flexibility index (Phi) is 8.18. The van der Waals surface area contributed by atoms with E-state index in [4.69, 9.17) is 4.98 Å². The van der Waals surface area contributed by atoms with Gasteiger partial charge in [-0.05, 0) is 62.1 Å². The van der Waals surface area contributed by atoms with Crippen molar-refractivity contribution in [2.45, 2.75) is 49.2 Å². The monoisotopic (exact) mass is 582 g/mol. The van der Waals surface area contributed by atoms with Crippen LogP contribution in [0, 0.1) is 0 Å². The predicted octanol–water partition coefficient (Wildman–Crippen LogP) is 7.94. The van der Waals surface area contributed by atoms with Crippen molar-refractivity contribution in [3.05, 3.63) is 103 Å². The van der Waals surface area contributed by atoms with Crippen LogP contribution >= 0.6 is 11.8 Å². The van der Waals surface area contributed by atoms with E-state index in [1.54, 1.807) is 12.3 Å². The third kappa shape index (κ3) is 6.30. The van der Waals surface area contributed by atoms with Gasteiger partial charge in [0, 0.05) is 40.5 Å². The van der Waals surface area contributed by atoms with Gasteiger partial charge in [-0.25, -0.2) is 18.1 Å². The van der Waals surface area contributed by atoms with Crippen molar-refractivity contribution >= 4 is 38.4 Å². The first-order valence-corrected chi connectivity index (χ1v) is 16.2. The minimum Gasteiger partial charge on any atom is -0.363 e. The first-order valence-electron chi connectivity index (χ1n) is 13.4. The van der Waals surface area contributed by atoms with Gasteiger partial charge in [0.15, 0.2) is 0 Å². The summed E-state index contributed by atoms with van der Waals surface area (Å²) in [5.41, 5.74) is 4.18. The molecule has 5 aromatic rings. The van der Waals surface area contributed by atoms with Crippen LogP contribution < -0.4 is 10.0 Å². The molecule has 6 nitrogen and oxygen atoms in total. The summed E-state index contributed by atoms with van der Waals surface area (Å²) in [6, 6.07) is 28.4. The standard InChI is InChI=1S/C33H34N4O2S2/c1-22(23-13-8-6-9-14-23)35-31-30-27(24-15-10-7-11-16-24)17-12-18-28(30)29(32(36-31)40-5)25-19-26(21-34-20-25)41(38,39)37-33(2,3)4/h6-22,37H,1-5H3,(H,35,36). The molecule has 2 heterocycles. The molecule has 1 atom stereocenters. The number of thioether (sulfide) groups is 1. The van der Waals surface area contributed by atoms with Gasteiger partial charge in [-0.15, -0.1) is 11.8 Å². The summed E-state index contributed by atoms with van der Waals surface area (Å²) < 4.78 is 29.2. The normalized spacial score (nSPS) is 12.8. The van der Waals surface area contributed by atoms with E-state index in [2.05, 4.69) is 58.3 Å². The van der Waals surface area contributed by atoms with Crippen LogP contribution in [0.2, 0.25) is 0 Å². The Morgan fingerprint density at radius 2 is 1.54 bits per heavy atom. The smallest absolute Gasteiger partial charge is 0.242 e. The molecule has 0 saturated heterocycles. The van der Waals surface area contributed by atoms with Crippen molar-refractivity contribution in [1.82, 2.24) is 14.7 Å². The zero-order chi connectivity index (χ0) is 29.2.